The van der Waals surface area contributed by atoms with Gasteiger partial charge < -0.3 is 4.90 Å². The molecule has 2 heterocycles. The summed E-state index contributed by atoms with van der Waals surface area (Å²) in [5.41, 5.74) is -1.61. The zero-order valence-corrected chi connectivity index (χ0v) is 15.1. The summed E-state index contributed by atoms with van der Waals surface area (Å²) in [7, 11) is 1.33. The van der Waals surface area contributed by atoms with Gasteiger partial charge in [0, 0.05) is 17.1 Å². The van der Waals surface area contributed by atoms with Gasteiger partial charge in [0.15, 0.2) is 5.69 Å². The molecule has 140 valence electrons. The van der Waals surface area contributed by atoms with E-state index in [1.165, 1.54) is 43.7 Å². The van der Waals surface area contributed by atoms with Gasteiger partial charge in [-0.1, -0.05) is 23.2 Å². The Morgan fingerprint density at radius 1 is 1.11 bits per heavy atom. The smallest absolute Gasteiger partial charge is 0.310 e. The third-order valence-electron chi connectivity index (χ3n) is 3.62. The minimum atomic E-state index is -4.85. The van der Waals surface area contributed by atoms with Crippen LogP contribution in [-0.4, -0.2) is 32.9 Å². The van der Waals surface area contributed by atoms with E-state index in [-0.39, 0.29) is 21.4 Å². The molecule has 0 radical (unpaired) electrons. The van der Waals surface area contributed by atoms with Crippen molar-refractivity contribution in [1.82, 2.24) is 20.0 Å². The zero-order chi connectivity index (χ0) is 19.8. The number of alkyl halides is 3. The molecule has 0 N–H and O–H groups in total. The molecule has 6 nitrogen and oxygen atoms in total. The summed E-state index contributed by atoms with van der Waals surface area (Å²) >= 11 is 11.7. The van der Waals surface area contributed by atoms with Gasteiger partial charge in [0.25, 0.3) is 5.91 Å². The fourth-order valence-corrected chi connectivity index (χ4v) is 2.93. The first-order chi connectivity index (χ1) is 12.7. The summed E-state index contributed by atoms with van der Waals surface area (Å²) in [6.45, 7) is 0. The van der Waals surface area contributed by atoms with Gasteiger partial charge >= 0.3 is 6.18 Å². The van der Waals surface area contributed by atoms with Crippen LogP contribution >= 0.6 is 23.2 Å². The highest BCUT2D eigenvalue weighted by Gasteiger charge is 2.41. The molecule has 0 atom stereocenters. The van der Waals surface area contributed by atoms with Gasteiger partial charge in [-0.05, 0) is 24.3 Å². The van der Waals surface area contributed by atoms with Crippen molar-refractivity contribution in [2.24, 2.45) is 0 Å². The Kier molecular flexibility index (Phi) is 5.07. The van der Waals surface area contributed by atoms with Crippen molar-refractivity contribution in [2.45, 2.75) is 6.18 Å². The number of hydrogen-bond donors (Lipinski definition) is 0. The molecule has 0 saturated heterocycles. The SMILES string of the molecule is CN(C(=O)c1cnn(-c2cc(Cl)cc(Cl)c2)c1C(F)(F)F)c1ccnnc1. The number of hydrogen-bond acceptors (Lipinski definition) is 4. The Hall–Kier alpha value is -2.65. The van der Waals surface area contributed by atoms with Crippen LogP contribution in [0.25, 0.3) is 5.69 Å². The van der Waals surface area contributed by atoms with Crippen LogP contribution < -0.4 is 4.90 Å². The van der Waals surface area contributed by atoms with Crippen molar-refractivity contribution < 1.29 is 18.0 Å². The minimum Gasteiger partial charge on any atom is -0.310 e. The summed E-state index contributed by atoms with van der Waals surface area (Å²) in [5.74, 6) is -0.908. The Labute approximate surface area is 161 Å². The van der Waals surface area contributed by atoms with Crippen LogP contribution in [0.1, 0.15) is 16.1 Å². The highest BCUT2D eigenvalue weighted by molar-refractivity contribution is 6.34. The maximum absolute atomic E-state index is 13.7. The second-order valence-electron chi connectivity index (χ2n) is 5.41. The van der Waals surface area contributed by atoms with Crippen LogP contribution in [-0.2, 0) is 6.18 Å². The van der Waals surface area contributed by atoms with Crippen LogP contribution in [0.3, 0.4) is 0 Å². The van der Waals surface area contributed by atoms with E-state index < -0.39 is 23.3 Å². The predicted octanol–water partition coefficient (Wildman–Crippen LogP) is 4.26. The third kappa shape index (κ3) is 3.88. The van der Waals surface area contributed by atoms with Gasteiger partial charge in [-0.25, -0.2) is 4.68 Å². The van der Waals surface area contributed by atoms with Gasteiger partial charge in [-0.15, -0.1) is 0 Å². The number of halogens is 5. The topological polar surface area (TPSA) is 63.9 Å². The molecule has 1 aromatic carbocycles. The molecule has 0 aliphatic heterocycles. The van der Waals surface area contributed by atoms with E-state index in [4.69, 9.17) is 23.2 Å². The lowest BCUT2D eigenvalue weighted by atomic mass is 10.2. The molecule has 27 heavy (non-hydrogen) atoms. The third-order valence-corrected chi connectivity index (χ3v) is 4.06. The zero-order valence-electron chi connectivity index (χ0n) is 13.6. The Morgan fingerprint density at radius 3 is 2.33 bits per heavy atom. The number of carbonyl (C=O) groups is 1. The van der Waals surface area contributed by atoms with E-state index in [1.807, 2.05) is 0 Å². The highest BCUT2D eigenvalue weighted by atomic mass is 35.5. The van der Waals surface area contributed by atoms with E-state index in [1.54, 1.807) is 0 Å². The second kappa shape index (κ2) is 7.16. The largest absolute Gasteiger partial charge is 0.434 e. The average molecular weight is 416 g/mol. The summed E-state index contributed by atoms with van der Waals surface area (Å²) in [4.78, 5) is 13.7. The molecular weight excluding hydrogens is 406 g/mol. The molecule has 3 aromatic rings. The number of nitrogens with zero attached hydrogens (tertiary/aromatic N) is 5. The number of aromatic nitrogens is 4. The lowest BCUT2D eigenvalue weighted by Gasteiger charge is -2.18. The van der Waals surface area contributed by atoms with Crippen molar-refractivity contribution in [2.75, 3.05) is 11.9 Å². The number of benzene rings is 1. The molecular formula is C16H10Cl2F3N5O. The van der Waals surface area contributed by atoms with E-state index in [0.29, 0.717) is 4.68 Å². The van der Waals surface area contributed by atoms with E-state index in [2.05, 4.69) is 15.3 Å². The molecule has 0 saturated carbocycles. The standard InChI is InChI=1S/C16H10Cl2F3N5O/c1-25(11-2-3-22-23-7-11)15(27)13-8-24-26(14(13)16(19,20)21)12-5-9(17)4-10(18)6-12/h2-8H,1H3. The molecule has 0 aliphatic carbocycles. The van der Waals surface area contributed by atoms with Crippen molar-refractivity contribution >= 4 is 34.8 Å². The van der Waals surface area contributed by atoms with Crippen molar-refractivity contribution in [3.8, 4) is 5.69 Å². The predicted molar refractivity (Wildman–Crippen MR) is 93.4 cm³/mol. The van der Waals surface area contributed by atoms with Crippen LogP contribution in [0, 0.1) is 0 Å². The number of rotatable bonds is 3. The van der Waals surface area contributed by atoms with Crippen LogP contribution in [0.15, 0.2) is 42.9 Å². The second-order valence-corrected chi connectivity index (χ2v) is 6.28. The maximum Gasteiger partial charge on any atom is 0.434 e. The van der Waals surface area contributed by atoms with E-state index >= 15 is 0 Å². The Balaban J connectivity index is 2.12. The molecule has 0 spiro atoms. The summed E-state index contributed by atoms with van der Waals surface area (Å²) in [5, 5.41) is 11.2. The van der Waals surface area contributed by atoms with Gasteiger partial charge in [0.05, 0.1) is 35.5 Å². The summed E-state index contributed by atoms with van der Waals surface area (Å²) in [6.07, 6.45) is -1.42. The quantitative estimate of drug-likeness (QED) is 0.640. The number of anilines is 1. The van der Waals surface area contributed by atoms with Gasteiger partial charge in [0.1, 0.15) is 0 Å². The summed E-state index contributed by atoms with van der Waals surface area (Å²) in [6, 6.07) is 5.35. The van der Waals surface area contributed by atoms with E-state index in [9.17, 15) is 18.0 Å². The molecule has 0 bridgehead atoms. The first kappa shape index (κ1) is 19.1. The highest BCUT2D eigenvalue weighted by Crippen LogP contribution is 2.35. The molecule has 3 rings (SSSR count). The maximum atomic E-state index is 13.7. The van der Waals surface area contributed by atoms with Crippen molar-refractivity contribution in [1.29, 1.82) is 0 Å². The first-order valence-corrected chi connectivity index (χ1v) is 8.10. The van der Waals surface area contributed by atoms with Gasteiger partial charge in [-0.3, -0.25) is 4.79 Å². The van der Waals surface area contributed by atoms with Crippen LogP contribution in [0.5, 0.6) is 0 Å². The normalized spacial score (nSPS) is 11.5. The molecule has 0 fully saturated rings. The van der Waals surface area contributed by atoms with Crippen molar-refractivity contribution in [3.63, 3.8) is 0 Å². The summed E-state index contributed by atoms with van der Waals surface area (Å²) < 4.78 is 41.8. The lowest BCUT2D eigenvalue weighted by molar-refractivity contribution is -0.143. The molecule has 0 unspecified atom stereocenters. The number of carbonyl (C=O) groups excluding carboxylic acids is 1. The van der Waals surface area contributed by atoms with Crippen LogP contribution in [0.4, 0.5) is 18.9 Å². The van der Waals surface area contributed by atoms with Gasteiger partial charge in [0.2, 0.25) is 0 Å². The fourth-order valence-electron chi connectivity index (χ4n) is 2.42. The first-order valence-electron chi connectivity index (χ1n) is 7.35. The fraction of sp³-hybridized carbons (Fsp3) is 0.125. The van der Waals surface area contributed by atoms with Gasteiger partial charge in [-0.2, -0.15) is 28.5 Å². The Morgan fingerprint density at radius 2 is 1.78 bits per heavy atom. The average Bonchev–Trinajstić information content (AvgIpc) is 3.06. The number of amides is 1. The molecule has 11 heteroatoms. The lowest BCUT2D eigenvalue weighted by Crippen LogP contribution is -2.29. The molecule has 1 amide bonds. The Bertz CT molecular complexity index is 971. The van der Waals surface area contributed by atoms with Crippen LogP contribution in [0.2, 0.25) is 10.0 Å². The van der Waals surface area contributed by atoms with Crippen molar-refractivity contribution in [3.05, 3.63) is 64.2 Å². The minimum absolute atomic E-state index is 0.0212. The molecule has 0 aliphatic rings. The molecule has 2 aromatic heterocycles. The monoisotopic (exact) mass is 415 g/mol. The van der Waals surface area contributed by atoms with E-state index in [0.717, 1.165) is 11.1 Å².